The summed E-state index contributed by atoms with van der Waals surface area (Å²) >= 11 is 0. The van der Waals surface area contributed by atoms with Crippen molar-refractivity contribution in [2.24, 2.45) is 33.0 Å². The molecule has 11 nitrogen and oxygen atoms in total. The van der Waals surface area contributed by atoms with Gasteiger partial charge in [-0.3, -0.25) is 0 Å². The van der Waals surface area contributed by atoms with Crippen LogP contribution in [0.2, 0.25) is 0 Å². The van der Waals surface area contributed by atoms with Gasteiger partial charge in [0.1, 0.15) is 17.2 Å². The van der Waals surface area contributed by atoms with E-state index in [0.29, 0.717) is 40.6 Å². The highest BCUT2D eigenvalue weighted by Gasteiger charge is 2.32. The summed E-state index contributed by atoms with van der Waals surface area (Å²) in [6, 6.07) is 31.1. The third kappa shape index (κ3) is 7.02. The monoisotopic (exact) mass is 574 g/mol. The zero-order chi connectivity index (χ0) is 30.3. The Hall–Kier alpha value is -5.99. The minimum atomic E-state index is -1.08. The first-order chi connectivity index (χ1) is 20.8. The molecule has 0 radical (unpaired) electrons. The second-order valence-corrected chi connectivity index (χ2v) is 9.64. The summed E-state index contributed by atoms with van der Waals surface area (Å²) in [6.45, 7) is 1.88. The number of nitrogens with zero attached hydrogens (tertiary/aromatic N) is 4. The maximum atomic E-state index is 9.58. The molecule has 0 spiro atoms. The average molecular weight is 575 g/mol. The first-order valence-corrected chi connectivity index (χ1v) is 13.3. The highest BCUT2D eigenvalue weighted by atomic mass is 16.6. The molecule has 216 valence electrons. The van der Waals surface area contributed by atoms with E-state index in [9.17, 15) is 5.26 Å². The van der Waals surface area contributed by atoms with E-state index < -0.39 is 6.35 Å². The lowest BCUT2D eigenvalue weighted by molar-refractivity contribution is 0.0222. The third-order valence-corrected chi connectivity index (χ3v) is 6.28. The lowest BCUT2D eigenvalue weighted by atomic mass is 10.1. The minimum Gasteiger partial charge on any atom is -0.453 e. The predicted molar refractivity (Wildman–Crippen MR) is 164 cm³/mol. The van der Waals surface area contributed by atoms with Gasteiger partial charge in [-0.2, -0.15) is 5.26 Å². The molecule has 0 fully saturated rings. The number of aliphatic imine (C=N–C) groups is 2. The fraction of sp³-hybridized carbons (Fsp3) is 0.0938. The summed E-state index contributed by atoms with van der Waals surface area (Å²) in [5, 5.41) is 10.8. The zero-order valence-electron chi connectivity index (χ0n) is 23.3. The van der Waals surface area contributed by atoms with Gasteiger partial charge in [0.15, 0.2) is 17.5 Å². The number of rotatable bonds is 9. The van der Waals surface area contributed by atoms with Gasteiger partial charge in [0, 0.05) is 18.6 Å². The lowest BCUT2D eigenvalue weighted by Gasteiger charge is -2.33. The molecule has 5 rings (SSSR count). The summed E-state index contributed by atoms with van der Waals surface area (Å²) in [6.07, 6.45) is -0.696. The molecule has 0 bridgehead atoms. The molecule has 11 heteroatoms. The number of ether oxygens (including phenoxy) is 3. The molecule has 0 aliphatic carbocycles. The van der Waals surface area contributed by atoms with Crippen molar-refractivity contribution >= 4 is 17.4 Å². The van der Waals surface area contributed by atoms with Crippen molar-refractivity contribution < 1.29 is 14.2 Å². The van der Waals surface area contributed by atoms with Gasteiger partial charge in [-0.1, -0.05) is 48.5 Å². The van der Waals surface area contributed by atoms with Crippen LogP contribution in [-0.2, 0) is 6.42 Å². The first-order valence-electron chi connectivity index (χ1n) is 13.3. The topological polar surface area (TPSA) is 184 Å². The Morgan fingerprint density at radius 1 is 0.907 bits per heavy atom. The highest BCUT2D eigenvalue weighted by Crippen LogP contribution is 2.35. The average Bonchev–Trinajstić information content (AvgIpc) is 2.99. The number of nitriles is 1. The van der Waals surface area contributed by atoms with Crippen LogP contribution < -0.4 is 37.3 Å². The van der Waals surface area contributed by atoms with Crippen LogP contribution in [-0.4, -0.2) is 23.0 Å². The maximum Gasteiger partial charge on any atom is 0.286 e. The van der Waals surface area contributed by atoms with Crippen molar-refractivity contribution in [1.82, 2.24) is 5.01 Å². The molecule has 4 aromatic rings. The Labute approximate surface area is 248 Å². The van der Waals surface area contributed by atoms with Crippen LogP contribution in [0.3, 0.4) is 0 Å². The van der Waals surface area contributed by atoms with Gasteiger partial charge in [0.05, 0.1) is 23.0 Å². The van der Waals surface area contributed by atoms with Crippen LogP contribution in [0, 0.1) is 18.3 Å². The molecule has 1 unspecified atom stereocenters. The summed E-state index contributed by atoms with van der Waals surface area (Å²) in [4.78, 5) is 8.86. The number of hydrazine groups is 1. The second-order valence-electron chi connectivity index (χ2n) is 9.64. The molecule has 1 atom stereocenters. The van der Waals surface area contributed by atoms with Crippen LogP contribution in [0.1, 0.15) is 16.7 Å². The lowest BCUT2D eigenvalue weighted by Crippen LogP contribution is -2.49. The second kappa shape index (κ2) is 12.7. The molecule has 0 aromatic heterocycles. The van der Waals surface area contributed by atoms with E-state index >= 15 is 0 Å². The number of allylic oxidation sites excluding steroid dienone is 1. The van der Waals surface area contributed by atoms with Gasteiger partial charge in [0.2, 0.25) is 5.88 Å². The molecule has 4 aromatic carbocycles. The normalized spacial score (nSPS) is 14.4. The standard InChI is InChI=1S/C32H30N8O3/c1-20-14-23(38-31(35)36)18-25(15-20)42-32-39-26(16-21-8-4-2-5-9-21)29(34)30(40(32)37)43-28-17-22(19-33)12-13-27(28)41-24-10-6-3-7-11-24/h2-15,17-18,32H,16,34,37H2,1H3,(H4,35,36,38). The van der Waals surface area contributed by atoms with Gasteiger partial charge in [-0.25, -0.2) is 20.8 Å². The number of hydrogen-bond acceptors (Lipinski definition) is 9. The van der Waals surface area contributed by atoms with Crippen molar-refractivity contribution in [2.75, 3.05) is 0 Å². The fourth-order valence-corrected chi connectivity index (χ4v) is 4.34. The summed E-state index contributed by atoms with van der Waals surface area (Å²) in [5.41, 5.74) is 21.2. The maximum absolute atomic E-state index is 9.58. The molecular formula is C32H30N8O3. The van der Waals surface area contributed by atoms with Crippen LogP contribution >= 0.6 is 0 Å². The summed E-state index contributed by atoms with van der Waals surface area (Å²) < 4.78 is 18.6. The van der Waals surface area contributed by atoms with Gasteiger partial charge in [-0.05, 0) is 54.4 Å². The molecule has 1 heterocycles. The third-order valence-electron chi connectivity index (χ3n) is 6.28. The van der Waals surface area contributed by atoms with E-state index in [2.05, 4.69) is 11.1 Å². The van der Waals surface area contributed by atoms with Crippen molar-refractivity contribution in [1.29, 1.82) is 5.26 Å². The van der Waals surface area contributed by atoms with E-state index in [1.54, 1.807) is 48.5 Å². The van der Waals surface area contributed by atoms with Gasteiger partial charge < -0.3 is 31.4 Å². The van der Waals surface area contributed by atoms with Crippen molar-refractivity contribution in [3.8, 4) is 29.1 Å². The molecular weight excluding hydrogens is 544 g/mol. The largest absolute Gasteiger partial charge is 0.453 e. The first kappa shape index (κ1) is 28.5. The molecule has 0 saturated carbocycles. The zero-order valence-corrected chi connectivity index (χ0v) is 23.3. The number of para-hydroxylation sites is 1. The van der Waals surface area contributed by atoms with Crippen LogP contribution in [0.5, 0.6) is 23.0 Å². The smallest absolute Gasteiger partial charge is 0.286 e. The summed E-state index contributed by atoms with van der Waals surface area (Å²) in [7, 11) is 0. The van der Waals surface area contributed by atoms with Crippen molar-refractivity contribution in [3.05, 3.63) is 125 Å². The molecule has 1 aliphatic heterocycles. The number of guanidine groups is 1. The van der Waals surface area contributed by atoms with Crippen molar-refractivity contribution in [3.63, 3.8) is 0 Å². The van der Waals surface area contributed by atoms with Gasteiger partial charge in [0.25, 0.3) is 6.35 Å². The Bertz CT molecular complexity index is 1740. The van der Waals surface area contributed by atoms with E-state index in [1.807, 2.05) is 55.5 Å². The Morgan fingerprint density at radius 2 is 1.63 bits per heavy atom. The van der Waals surface area contributed by atoms with Crippen LogP contribution in [0.4, 0.5) is 5.69 Å². The highest BCUT2D eigenvalue weighted by molar-refractivity contribution is 6.01. The Kier molecular flexibility index (Phi) is 8.41. The number of aryl methyl sites for hydroxylation is 1. The number of nitrogens with two attached hydrogens (primary N) is 4. The van der Waals surface area contributed by atoms with Crippen LogP contribution in [0.25, 0.3) is 0 Å². The Balaban J connectivity index is 1.53. The molecule has 0 saturated heterocycles. The summed E-state index contributed by atoms with van der Waals surface area (Å²) in [5.74, 6) is 8.11. The van der Waals surface area contributed by atoms with E-state index in [0.717, 1.165) is 11.1 Å². The van der Waals surface area contributed by atoms with E-state index in [-0.39, 0.29) is 23.3 Å². The van der Waals surface area contributed by atoms with E-state index in [1.165, 1.54) is 5.01 Å². The van der Waals surface area contributed by atoms with Gasteiger partial charge >= 0.3 is 0 Å². The quantitative estimate of drug-likeness (QED) is 0.128. The Morgan fingerprint density at radius 3 is 2.33 bits per heavy atom. The minimum absolute atomic E-state index is 0.0658. The van der Waals surface area contributed by atoms with Gasteiger partial charge in [-0.15, -0.1) is 0 Å². The fourth-order valence-electron chi connectivity index (χ4n) is 4.34. The molecule has 1 aliphatic rings. The predicted octanol–water partition coefficient (Wildman–Crippen LogP) is 4.31. The number of hydrogen-bond donors (Lipinski definition) is 4. The molecule has 43 heavy (non-hydrogen) atoms. The SMILES string of the molecule is Cc1cc(N=C(N)N)cc(OC2N=C(Cc3ccccc3)C(N)=C(Oc3cc(C#N)ccc3Oc3ccccc3)N2N)c1. The van der Waals surface area contributed by atoms with Crippen LogP contribution in [0.15, 0.2) is 119 Å². The molecule has 0 amide bonds. The number of benzene rings is 4. The van der Waals surface area contributed by atoms with Crippen molar-refractivity contribution in [2.45, 2.75) is 19.7 Å². The van der Waals surface area contributed by atoms with E-state index in [4.69, 9.17) is 42.2 Å². The molecule has 8 N–H and O–H groups in total.